The Morgan fingerprint density at radius 2 is 1.92 bits per heavy atom. The van der Waals surface area contributed by atoms with Crippen molar-refractivity contribution in [2.24, 2.45) is 0 Å². The van der Waals surface area contributed by atoms with Gasteiger partial charge in [0, 0.05) is 17.8 Å². The number of amides is 1. The maximum absolute atomic E-state index is 12.7. The van der Waals surface area contributed by atoms with Crippen LogP contribution >= 0.6 is 15.9 Å². The predicted octanol–water partition coefficient (Wildman–Crippen LogP) is 4.77. The van der Waals surface area contributed by atoms with Crippen molar-refractivity contribution in [3.05, 3.63) is 74.7 Å². The highest BCUT2D eigenvalue weighted by molar-refractivity contribution is 9.10. The Morgan fingerprint density at radius 1 is 1.16 bits per heavy atom. The maximum Gasteiger partial charge on any atom is 0.271 e. The van der Waals surface area contributed by atoms with E-state index in [1.807, 2.05) is 24.3 Å². The van der Waals surface area contributed by atoms with Gasteiger partial charge >= 0.3 is 0 Å². The normalized spacial score (nSPS) is 10.5. The topological polar surface area (TPSA) is 81.5 Å². The van der Waals surface area contributed by atoms with Gasteiger partial charge in [0.05, 0.1) is 22.1 Å². The highest BCUT2D eigenvalue weighted by atomic mass is 79.9. The first kappa shape index (κ1) is 16.9. The largest absolute Gasteiger partial charge is 0.495 e. The van der Waals surface area contributed by atoms with Crippen molar-refractivity contribution >= 4 is 44.0 Å². The number of non-ortho nitro benzene ring substituents is 1. The summed E-state index contributed by atoms with van der Waals surface area (Å²) in [6, 6.07) is 15.1. The zero-order valence-electron chi connectivity index (χ0n) is 13.2. The van der Waals surface area contributed by atoms with Gasteiger partial charge in [-0.25, -0.2) is 0 Å². The lowest BCUT2D eigenvalue weighted by atomic mass is 10.1. The number of nitrogens with zero attached hydrogens (tertiary/aromatic N) is 1. The Balaban J connectivity index is 2.02. The van der Waals surface area contributed by atoms with Gasteiger partial charge in [-0.1, -0.05) is 30.3 Å². The summed E-state index contributed by atoms with van der Waals surface area (Å²) in [4.78, 5) is 23.0. The molecule has 0 heterocycles. The summed E-state index contributed by atoms with van der Waals surface area (Å²) >= 11 is 3.48. The Kier molecular flexibility index (Phi) is 4.67. The van der Waals surface area contributed by atoms with E-state index in [1.54, 1.807) is 12.1 Å². The molecule has 3 aromatic rings. The number of nitro benzene ring substituents is 1. The first-order chi connectivity index (χ1) is 12.0. The van der Waals surface area contributed by atoms with Gasteiger partial charge < -0.3 is 10.1 Å². The van der Waals surface area contributed by atoms with E-state index in [1.165, 1.54) is 25.3 Å². The molecule has 0 saturated carbocycles. The van der Waals surface area contributed by atoms with Gasteiger partial charge in [-0.05, 0) is 38.8 Å². The summed E-state index contributed by atoms with van der Waals surface area (Å²) < 4.78 is 6.07. The van der Waals surface area contributed by atoms with Crippen LogP contribution in [0.15, 0.2) is 59.1 Å². The fourth-order valence-electron chi connectivity index (χ4n) is 2.55. The molecule has 6 nitrogen and oxygen atoms in total. The van der Waals surface area contributed by atoms with Crippen LogP contribution in [0.5, 0.6) is 5.75 Å². The van der Waals surface area contributed by atoms with Gasteiger partial charge in [-0.3, -0.25) is 14.9 Å². The minimum Gasteiger partial charge on any atom is -0.495 e. The lowest BCUT2D eigenvalue weighted by molar-refractivity contribution is -0.384. The molecule has 0 atom stereocenters. The van der Waals surface area contributed by atoms with Gasteiger partial charge in [0.2, 0.25) is 0 Å². The summed E-state index contributed by atoms with van der Waals surface area (Å²) in [5, 5.41) is 15.3. The van der Waals surface area contributed by atoms with E-state index in [9.17, 15) is 14.9 Å². The number of fused-ring (bicyclic) bond motifs is 1. The molecule has 7 heteroatoms. The first-order valence-electron chi connectivity index (χ1n) is 7.32. The number of carbonyl (C=O) groups excluding carboxylic acids is 1. The number of halogens is 1. The maximum atomic E-state index is 12.7. The smallest absolute Gasteiger partial charge is 0.271 e. The molecule has 0 saturated heterocycles. The molecule has 0 aromatic heterocycles. The van der Waals surface area contributed by atoms with Crippen LogP contribution in [0.1, 0.15) is 10.4 Å². The second-order valence-electron chi connectivity index (χ2n) is 5.25. The molecule has 0 unspecified atom stereocenters. The zero-order valence-corrected chi connectivity index (χ0v) is 14.7. The molecule has 0 aliphatic carbocycles. The summed E-state index contributed by atoms with van der Waals surface area (Å²) in [5.41, 5.74) is 0.578. The number of nitro groups is 1. The highest BCUT2D eigenvalue weighted by Gasteiger charge is 2.19. The molecule has 3 rings (SSSR count). The Bertz CT molecular complexity index is 988. The Labute approximate surface area is 151 Å². The van der Waals surface area contributed by atoms with Crippen molar-refractivity contribution < 1.29 is 14.5 Å². The number of hydrogen-bond acceptors (Lipinski definition) is 4. The predicted molar refractivity (Wildman–Crippen MR) is 99.2 cm³/mol. The van der Waals surface area contributed by atoms with E-state index in [2.05, 4.69) is 21.2 Å². The zero-order chi connectivity index (χ0) is 18.0. The molecule has 1 N–H and O–H groups in total. The second-order valence-corrected chi connectivity index (χ2v) is 6.05. The monoisotopic (exact) mass is 400 g/mol. The van der Waals surface area contributed by atoms with Crippen molar-refractivity contribution in [1.82, 2.24) is 0 Å². The van der Waals surface area contributed by atoms with E-state index in [0.717, 1.165) is 10.8 Å². The lowest BCUT2D eigenvalue weighted by Crippen LogP contribution is -2.13. The number of anilines is 1. The first-order valence-corrected chi connectivity index (χ1v) is 8.11. The average molecular weight is 401 g/mol. The van der Waals surface area contributed by atoms with Gasteiger partial charge in [-0.15, -0.1) is 0 Å². The summed E-state index contributed by atoms with van der Waals surface area (Å²) in [7, 11) is 1.49. The van der Waals surface area contributed by atoms with Crippen LogP contribution in [0.25, 0.3) is 10.8 Å². The molecule has 0 aliphatic heterocycles. The van der Waals surface area contributed by atoms with Crippen molar-refractivity contribution in [1.29, 1.82) is 0 Å². The van der Waals surface area contributed by atoms with Crippen LogP contribution in [-0.2, 0) is 0 Å². The molecule has 3 aromatic carbocycles. The molecule has 1 amide bonds. The van der Waals surface area contributed by atoms with E-state index >= 15 is 0 Å². The number of nitrogens with one attached hydrogen (secondary N) is 1. The highest BCUT2D eigenvalue weighted by Crippen LogP contribution is 2.37. The number of benzene rings is 3. The van der Waals surface area contributed by atoms with Crippen LogP contribution in [-0.4, -0.2) is 17.9 Å². The molecule has 0 aliphatic rings. The van der Waals surface area contributed by atoms with Gasteiger partial charge in [0.25, 0.3) is 11.6 Å². The molecular weight excluding hydrogens is 388 g/mol. The second kappa shape index (κ2) is 6.90. The van der Waals surface area contributed by atoms with Crippen LogP contribution < -0.4 is 10.1 Å². The van der Waals surface area contributed by atoms with Crippen molar-refractivity contribution in [3.63, 3.8) is 0 Å². The van der Waals surface area contributed by atoms with E-state index in [0.29, 0.717) is 21.5 Å². The van der Waals surface area contributed by atoms with Crippen molar-refractivity contribution in [3.8, 4) is 5.75 Å². The van der Waals surface area contributed by atoms with Crippen LogP contribution in [0, 0.1) is 10.1 Å². The molecular formula is C18H13BrN2O4. The standard InChI is InChI=1S/C18H13BrN2O4/c1-25-17-15(9-11-5-2-3-8-14(11)16(17)19)18(22)20-12-6-4-7-13(10-12)21(23)24/h2-10H,1H3,(H,20,22). The third-order valence-corrected chi connectivity index (χ3v) is 4.49. The number of methoxy groups -OCH3 is 1. The number of rotatable bonds is 4. The van der Waals surface area contributed by atoms with E-state index in [4.69, 9.17) is 4.74 Å². The third kappa shape index (κ3) is 3.32. The fraction of sp³-hybridized carbons (Fsp3) is 0.0556. The van der Waals surface area contributed by atoms with E-state index in [-0.39, 0.29) is 5.69 Å². The van der Waals surface area contributed by atoms with Crippen LogP contribution in [0.2, 0.25) is 0 Å². The summed E-state index contributed by atoms with van der Waals surface area (Å²) in [6.45, 7) is 0. The molecule has 126 valence electrons. The van der Waals surface area contributed by atoms with E-state index < -0.39 is 10.8 Å². The minimum atomic E-state index is -0.511. The average Bonchev–Trinajstić information content (AvgIpc) is 2.61. The SMILES string of the molecule is COc1c(C(=O)Nc2cccc([N+](=O)[O-])c2)cc2ccccc2c1Br. The molecule has 25 heavy (non-hydrogen) atoms. The number of hydrogen-bond donors (Lipinski definition) is 1. The van der Waals surface area contributed by atoms with Crippen LogP contribution in [0.4, 0.5) is 11.4 Å². The number of ether oxygens (including phenoxy) is 1. The summed E-state index contributed by atoms with van der Waals surface area (Å²) in [5.74, 6) is -0.00886. The number of carbonyl (C=O) groups is 1. The Hall–Kier alpha value is -2.93. The minimum absolute atomic E-state index is 0.0931. The van der Waals surface area contributed by atoms with Gasteiger partial charge in [0.1, 0.15) is 5.75 Å². The third-order valence-electron chi connectivity index (χ3n) is 3.70. The van der Waals surface area contributed by atoms with Gasteiger partial charge in [0.15, 0.2) is 0 Å². The molecule has 0 spiro atoms. The summed E-state index contributed by atoms with van der Waals surface area (Å²) in [6.07, 6.45) is 0. The molecule has 0 fully saturated rings. The lowest BCUT2D eigenvalue weighted by Gasteiger charge is -2.13. The van der Waals surface area contributed by atoms with Crippen molar-refractivity contribution in [2.45, 2.75) is 0 Å². The quantitative estimate of drug-likeness (QED) is 0.504. The van der Waals surface area contributed by atoms with Gasteiger partial charge in [-0.2, -0.15) is 0 Å². The Morgan fingerprint density at radius 3 is 2.64 bits per heavy atom. The van der Waals surface area contributed by atoms with Crippen molar-refractivity contribution in [2.75, 3.05) is 12.4 Å². The molecule has 0 bridgehead atoms. The van der Waals surface area contributed by atoms with Crippen LogP contribution in [0.3, 0.4) is 0 Å². The fourth-order valence-corrected chi connectivity index (χ4v) is 3.28. The molecule has 0 radical (unpaired) electrons.